The van der Waals surface area contributed by atoms with Gasteiger partial charge in [-0.2, -0.15) is 8.42 Å². The summed E-state index contributed by atoms with van der Waals surface area (Å²) < 4.78 is 33.0. The highest BCUT2D eigenvalue weighted by Gasteiger charge is 2.38. The van der Waals surface area contributed by atoms with Gasteiger partial charge in [-0.15, -0.1) is 0 Å². The number of nitrogens with one attached hydrogen (secondary N) is 3. The molecule has 7 nitrogen and oxygen atoms in total. The van der Waals surface area contributed by atoms with Gasteiger partial charge < -0.3 is 10.4 Å². The molecule has 0 aromatic heterocycles. The lowest BCUT2D eigenvalue weighted by atomic mass is 9.99. The van der Waals surface area contributed by atoms with Crippen LogP contribution in [0, 0.1) is 6.92 Å². The van der Waals surface area contributed by atoms with Gasteiger partial charge in [-0.3, -0.25) is 15.2 Å². The van der Waals surface area contributed by atoms with Crippen LogP contribution in [0.2, 0.25) is 0 Å². The molecule has 0 bridgehead atoms. The van der Waals surface area contributed by atoms with Crippen molar-refractivity contribution >= 4 is 10.1 Å². The predicted molar refractivity (Wildman–Crippen MR) is 89.7 cm³/mol. The van der Waals surface area contributed by atoms with Crippen molar-refractivity contribution in [3.63, 3.8) is 0 Å². The van der Waals surface area contributed by atoms with Gasteiger partial charge in [0.05, 0.1) is 10.9 Å². The van der Waals surface area contributed by atoms with Gasteiger partial charge in [-0.05, 0) is 38.2 Å². The second-order valence-corrected chi connectivity index (χ2v) is 6.72. The maximum absolute atomic E-state index is 11.7. The number of hydrogen-bond donors (Lipinski definition) is 5. The maximum Gasteiger partial charge on any atom is 0.294 e. The number of aliphatic hydroxyl groups is 1. The Kier molecular flexibility index (Phi) is 7.12. The molecule has 1 aromatic carbocycles. The number of benzene rings is 1. The van der Waals surface area contributed by atoms with E-state index < -0.39 is 22.0 Å². The third kappa shape index (κ3) is 4.97. The standard InChI is InChI=1S/C15H27N3O4S/c1-5-16-14(15(19,17-6-2)18-7-3)12-10-11(4)8-9-13(12)23(20,21)22/h8-10,14,16-19H,5-7H2,1-4H3,(H,20,21,22). The molecule has 1 unspecified atom stereocenters. The first-order valence-electron chi connectivity index (χ1n) is 7.73. The molecular weight excluding hydrogens is 318 g/mol. The van der Waals surface area contributed by atoms with E-state index in [0.717, 1.165) is 5.56 Å². The number of aryl methyl sites for hydroxylation is 1. The van der Waals surface area contributed by atoms with Crippen LogP contribution in [-0.4, -0.2) is 43.6 Å². The molecular formula is C15H27N3O4S. The zero-order valence-electron chi connectivity index (χ0n) is 14.0. The van der Waals surface area contributed by atoms with E-state index in [-0.39, 0.29) is 4.90 Å². The fraction of sp³-hybridized carbons (Fsp3) is 0.600. The van der Waals surface area contributed by atoms with Crippen LogP contribution in [-0.2, 0) is 10.1 Å². The molecule has 0 fully saturated rings. The van der Waals surface area contributed by atoms with Crippen LogP contribution in [0.5, 0.6) is 0 Å². The fourth-order valence-corrected chi connectivity index (χ4v) is 3.34. The fourth-order valence-electron chi connectivity index (χ4n) is 2.62. The maximum atomic E-state index is 11.7. The summed E-state index contributed by atoms with van der Waals surface area (Å²) in [7, 11) is -4.41. The van der Waals surface area contributed by atoms with Gasteiger partial charge in [-0.25, -0.2) is 0 Å². The number of likely N-dealkylation sites (N-methyl/N-ethyl adjacent to an activating group) is 3. The molecule has 0 aliphatic carbocycles. The van der Waals surface area contributed by atoms with Crippen LogP contribution < -0.4 is 16.0 Å². The van der Waals surface area contributed by atoms with Crippen molar-refractivity contribution < 1.29 is 18.1 Å². The summed E-state index contributed by atoms with van der Waals surface area (Å²) in [6.07, 6.45) is 0. The van der Waals surface area contributed by atoms with Crippen molar-refractivity contribution in [3.8, 4) is 0 Å². The monoisotopic (exact) mass is 345 g/mol. The van der Waals surface area contributed by atoms with Crippen LogP contribution in [0.4, 0.5) is 0 Å². The second kappa shape index (κ2) is 8.18. The van der Waals surface area contributed by atoms with Crippen LogP contribution >= 0.6 is 0 Å². The topological polar surface area (TPSA) is 111 Å². The average Bonchev–Trinajstić information content (AvgIpc) is 2.43. The van der Waals surface area contributed by atoms with Gasteiger partial charge >= 0.3 is 0 Å². The zero-order valence-corrected chi connectivity index (χ0v) is 14.9. The van der Waals surface area contributed by atoms with E-state index in [1.165, 1.54) is 6.07 Å². The van der Waals surface area contributed by atoms with E-state index >= 15 is 0 Å². The van der Waals surface area contributed by atoms with Crippen LogP contribution in [0.3, 0.4) is 0 Å². The summed E-state index contributed by atoms with van der Waals surface area (Å²) in [5.41, 5.74) is 1.13. The summed E-state index contributed by atoms with van der Waals surface area (Å²) in [4.78, 5) is -0.219. The molecule has 1 atom stereocenters. The van der Waals surface area contributed by atoms with Gasteiger partial charge in [0.1, 0.15) is 0 Å². The summed E-state index contributed by atoms with van der Waals surface area (Å²) in [5, 5.41) is 20.0. The average molecular weight is 345 g/mol. The summed E-state index contributed by atoms with van der Waals surface area (Å²) >= 11 is 0. The van der Waals surface area contributed by atoms with E-state index in [4.69, 9.17) is 0 Å². The van der Waals surface area contributed by atoms with Crippen LogP contribution in [0.1, 0.15) is 37.9 Å². The molecule has 0 saturated heterocycles. The van der Waals surface area contributed by atoms with Gasteiger partial charge in [-0.1, -0.05) is 38.5 Å². The second-order valence-electron chi connectivity index (χ2n) is 5.33. The highest BCUT2D eigenvalue weighted by molar-refractivity contribution is 7.85. The Morgan fingerprint density at radius 2 is 1.70 bits per heavy atom. The summed E-state index contributed by atoms with van der Waals surface area (Å²) in [5.74, 6) is -1.56. The molecule has 0 heterocycles. The normalized spacial score (nSPS) is 14.0. The number of rotatable bonds is 9. The Balaban J connectivity index is 3.53. The Morgan fingerprint density at radius 1 is 1.13 bits per heavy atom. The molecule has 0 aliphatic rings. The highest BCUT2D eigenvalue weighted by Crippen LogP contribution is 2.29. The van der Waals surface area contributed by atoms with E-state index in [1.807, 2.05) is 27.7 Å². The predicted octanol–water partition coefficient (Wildman–Crippen LogP) is 0.757. The van der Waals surface area contributed by atoms with Gasteiger partial charge in [0.15, 0.2) is 5.85 Å². The van der Waals surface area contributed by atoms with E-state index in [0.29, 0.717) is 25.2 Å². The first-order chi connectivity index (χ1) is 10.7. The third-order valence-electron chi connectivity index (χ3n) is 3.47. The zero-order chi connectivity index (χ0) is 17.7. The molecule has 1 rings (SSSR count). The molecule has 1 aromatic rings. The van der Waals surface area contributed by atoms with Crippen molar-refractivity contribution in [2.75, 3.05) is 19.6 Å². The van der Waals surface area contributed by atoms with Gasteiger partial charge in [0, 0.05) is 0 Å². The SMILES string of the molecule is CCNC(c1cc(C)ccc1S(=O)(=O)O)C(O)(NCC)NCC. The van der Waals surface area contributed by atoms with Crippen molar-refractivity contribution in [1.82, 2.24) is 16.0 Å². The Labute approximate surface area is 138 Å². The van der Waals surface area contributed by atoms with Gasteiger partial charge in [0.2, 0.25) is 0 Å². The molecule has 5 N–H and O–H groups in total. The summed E-state index contributed by atoms with van der Waals surface area (Å²) in [6.45, 7) is 8.80. The minimum absolute atomic E-state index is 0.219. The first-order valence-corrected chi connectivity index (χ1v) is 9.17. The summed E-state index contributed by atoms with van der Waals surface area (Å²) in [6, 6.07) is 3.83. The number of hydrogen-bond acceptors (Lipinski definition) is 6. The van der Waals surface area contributed by atoms with Crippen molar-refractivity contribution in [1.29, 1.82) is 0 Å². The Hall–Kier alpha value is -1.03. The smallest absolute Gasteiger partial charge is 0.294 e. The lowest BCUT2D eigenvalue weighted by Gasteiger charge is -2.38. The molecule has 0 spiro atoms. The molecule has 0 radical (unpaired) electrons. The van der Waals surface area contributed by atoms with Crippen molar-refractivity contribution in [2.24, 2.45) is 0 Å². The molecule has 0 aliphatic heterocycles. The lowest BCUT2D eigenvalue weighted by Crippen LogP contribution is -2.64. The van der Waals surface area contributed by atoms with Crippen LogP contribution in [0.25, 0.3) is 0 Å². The molecule has 23 heavy (non-hydrogen) atoms. The van der Waals surface area contributed by atoms with E-state index in [1.54, 1.807) is 12.1 Å². The molecule has 0 saturated carbocycles. The minimum atomic E-state index is -4.41. The molecule has 0 amide bonds. The van der Waals surface area contributed by atoms with Crippen LogP contribution in [0.15, 0.2) is 23.1 Å². The highest BCUT2D eigenvalue weighted by atomic mass is 32.2. The van der Waals surface area contributed by atoms with Crippen molar-refractivity contribution in [3.05, 3.63) is 29.3 Å². The lowest BCUT2D eigenvalue weighted by molar-refractivity contribution is -0.0601. The quantitative estimate of drug-likeness (QED) is 0.332. The largest absolute Gasteiger partial charge is 0.361 e. The molecule has 132 valence electrons. The first kappa shape index (κ1) is 20.0. The van der Waals surface area contributed by atoms with Gasteiger partial charge in [0.25, 0.3) is 10.1 Å². The van der Waals surface area contributed by atoms with E-state index in [2.05, 4.69) is 16.0 Å². The van der Waals surface area contributed by atoms with Crippen molar-refractivity contribution in [2.45, 2.75) is 44.5 Å². The minimum Gasteiger partial charge on any atom is -0.361 e. The Bertz CT molecular complexity index is 613. The van der Waals surface area contributed by atoms with E-state index in [9.17, 15) is 18.1 Å². The Morgan fingerprint density at radius 3 is 2.13 bits per heavy atom. The third-order valence-corrected chi connectivity index (χ3v) is 4.40. The molecule has 8 heteroatoms.